The van der Waals surface area contributed by atoms with Gasteiger partial charge in [0, 0.05) is 24.6 Å². The van der Waals surface area contributed by atoms with Crippen LogP contribution in [0.3, 0.4) is 0 Å². The molecule has 11 heteroatoms. The first-order chi connectivity index (χ1) is 14.3. The number of fused-ring (bicyclic) bond motifs is 2. The molecular formula is C19H21N3O6S2. The summed E-state index contributed by atoms with van der Waals surface area (Å²) >= 11 is 3.00. The average molecular weight is 452 g/mol. The first-order valence-corrected chi connectivity index (χ1v) is 11.4. The number of rotatable bonds is 6. The van der Waals surface area contributed by atoms with Crippen LogP contribution in [0.15, 0.2) is 23.2 Å². The Morgan fingerprint density at radius 1 is 1.40 bits per heavy atom. The largest absolute Gasteiger partial charge is 0.428 e. The van der Waals surface area contributed by atoms with Crippen molar-refractivity contribution in [3.05, 3.63) is 23.1 Å². The lowest BCUT2D eigenvalue weighted by Gasteiger charge is -2.46. The molecule has 1 amide bonds. The molecule has 2 aromatic heterocycles. The van der Waals surface area contributed by atoms with Gasteiger partial charge in [0.15, 0.2) is 0 Å². The summed E-state index contributed by atoms with van der Waals surface area (Å²) in [6.45, 7) is 4.20. The second-order valence-corrected chi connectivity index (χ2v) is 9.09. The van der Waals surface area contributed by atoms with Gasteiger partial charge in [-0.15, -0.1) is 23.1 Å². The Kier molecular flexibility index (Phi) is 5.37. The van der Waals surface area contributed by atoms with Gasteiger partial charge in [-0.1, -0.05) is 6.92 Å². The van der Waals surface area contributed by atoms with E-state index in [0.717, 1.165) is 14.7 Å². The van der Waals surface area contributed by atoms with Gasteiger partial charge >= 0.3 is 11.9 Å². The van der Waals surface area contributed by atoms with Gasteiger partial charge in [0.1, 0.15) is 21.9 Å². The average Bonchev–Trinajstić information content (AvgIpc) is 3.30. The van der Waals surface area contributed by atoms with Gasteiger partial charge in [0.2, 0.25) is 12.7 Å². The number of thioether (sulfide) groups is 1. The lowest BCUT2D eigenvalue weighted by Crippen LogP contribution is -2.63. The number of hydrogen-bond donors (Lipinski definition) is 1. The minimum Gasteiger partial charge on any atom is -0.428 e. The lowest BCUT2D eigenvalue weighted by atomic mass is 9.77. The number of aliphatic hydroxyl groups is 1. The van der Waals surface area contributed by atoms with E-state index in [1.165, 1.54) is 34.9 Å². The molecule has 0 bridgehead atoms. The van der Waals surface area contributed by atoms with E-state index in [9.17, 15) is 19.5 Å². The van der Waals surface area contributed by atoms with Crippen molar-refractivity contribution < 1.29 is 29.0 Å². The highest BCUT2D eigenvalue weighted by Gasteiger charge is 2.60. The number of hydrogen-bond acceptors (Lipinski definition) is 9. The summed E-state index contributed by atoms with van der Waals surface area (Å²) in [5, 5.41) is 11.0. The summed E-state index contributed by atoms with van der Waals surface area (Å²) in [6.07, 6.45) is 4.70. The Bertz CT molecular complexity index is 1070. The molecule has 0 aliphatic carbocycles. The van der Waals surface area contributed by atoms with E-state index in [2.05, 4.69) is 4.98 Å². The Morgan fingerprint density at radius 2 is 2.13 bits per heavy atom. The van der Waals surface area contributed by atoms with Crippen LogP contribution in [0, 0.1) is 11.8 Å². The van der Waals surface area contributed by atoms with Crippen LogP contribution in [0.2, 0.25) is 0 Å². The first-order valence-electron chi connectivity index (χ1n) is 9.32. The highest BCUT2D eigenvalue weighted by Crippen LogP contribution is 2.52. The van der Waals surface area contributed by atoms with Gasteiger partial charge in [-0.2, -0.15) is 0 Å². The van der Waals surface area contributed by atoms with Crippen molar-refractivity contribution in [2.45, 2.75) is 37.9 Å². The third-order valence-electron chi connectivity index (χ3n) is 5.46. The van der Waals surface area contributed by atoms with Crippen LogP contribution in [-0.2, 0) is 23.9 Å². The van der Waals surface area contributed by atoms with Crippen LogP contribution in [0.1, 0.15) is 25.6 Å². The normalized spacial score (nSPS) is 24.1. The van der Waals surface area contributed by atoms with Gasteiger partial charge < -0.3 is 19.5 Å². The monoisotopic (exact) mass is 451 g/mol. The summed E-state index contributed by atoms with van der Waals surface area (Å²) in [7, 11) is 0. The summed E-state index contributed by atoms with van der Waals surface area (Å²) in [4.78, 5) is 44.2. The smallest absolute Gasteiger partial charge is 0.358 e. The van der Waals surface area contributed by atoms with Crippen molar-refractivity contribution in [3.8, 4) is 0 Å². The highest BCUT2D eigenvalue weighted by molar-refractivity contribution is 7.98. The van der Waals surface area contributed by atoms with Crippen molar-refractivity contribution in [2.75, 3.05) is 13.0 Å². The predicted octanol–water partition coefficient (Wildman–Crippen LogP) is 1.75. The van der Waals surface area contributed by atoms with Crippen LogP contribution in [0.5, 0.6) is 0 Å². The maximum Gasteiger partial charge on any atom is 0.358 e. The fraction of sp³-hybridized carbons (Fsp3) is 0.474. The maximum atomic E-state index is 12.9. The summed E-state index contributed by atoms with van der Waals surface area (Å²) in [5.74, 6) is -2.39. The second kappa shape index (κ2) is 7.71. The van der Waals surface area contributed by atoms with Crippen molar-refractivity contribution in [3.63, 3.8) is 0 Å². The number of imidazole rings is 1. The fourth-order valence-corrected chi connectivity index (χ4v) is 6.08. The molecule has 1 fully saturated rings. The SMILES string of the molecule is CSc1ncn2cc(C3=C(C(=O)OCOC(C)=O)N4C(=O)[C@H]([C@@H](C)O)[C@H]4[C@H]3C)sc12. The number of thiazole rings is 1. The zero-order valence-electron chi connectivity index (χ0n) is 16.8. The molecule has 9 nitrogen and oxygen atoms in total. The van der Waals surface area contributed by atoms with E-state index < -0.39 is 30.8 Å². The molecule has 0 saturated carbocycles. The van der Waals surface area contributed by atoms with Crippen molar-refractivity contribution in [2.24, 2.45) is 11.8 Å². The molecule has 160 valence electrons. The summed E-state index contributed by atoms with van der Waals surface area (Å²) in [6, 6.07) is -0.330. The predicted molar refractivity (Wildman–Crippen MR) is 109 cm³/mol. The molecule has 4 atom stereocenters. The molecule has 0 aromatic carbocycles. The lowest BCUT2D eigenvalue weighted by molar-refractivity contribution is -0.171. The highest BCUT2D eigenvalue weighted by atomic mass is 32.2. The minimum absolute atomic E-state index is 0.143. The van der Waals surface area contributed by atoms with Gasteiger partial charge in [0.05, 0.1) is 22.9 Å². The van der Waals surface area contributed by atoms with Crippen LogP contribution < -0.4 is 0 Å². The quantitative estimate of drug-likeness (QED) is 0.306. The first kappa shape index (κ1) is 20.9. The third-order valence-corrected chi connectivity index (χ3v) is 7.41. The van der Waals surface area contributed by atoms with Gasteiger partial charge in [-0.3, -0.25) is 14.0 Å². The number of β-lactam (4-membered cyclic amide) rings is 1. The van der Waals surface area contributed by atoms with Crippen molar-refractivity contribution in [1.82, 2.24) is 14.3 Å². The molecule has 2 aliphatic rings. The molecule has 4 rings (SSSR count). The Balaban J connectivity index is 1.76. The molecule has 0 spiro atoms. The molecule has 1 N–H and O–H groups in total. The molecule has 2 aromatic rings. The van der Waals surface area contributed by atoms with Crippen LogP contribution >= 0.6 is 23.1 Å². The zero-order valence-corrected chi connectivity index (χ0v) is 18.5. The van der Waals surface area contributed by atoms with E-state index in [4.69, 9.17) is 9.47 Å². The third kappa shape index (κ3) is 3.12. The number of esters is 2. The van der Waals surface area contributed by atoms with Gasteiger partial charge in [-0.25, -0.2) is 9.78 Å². The van der Waals surface area contributed by atoms with Crippen LogP contribution in [0.4, 0.5) is 0 Å². The van der Waals surface area contributed by atoms with E-state index in [1.807, 2.05) is 23.8 Å². The van der Waals surface area contributed by atoms with Crippen LogP contribution in [-0.4, -0.2) is 62.4 Å². The van der Waals surface area contributed by atoms with Gasteiger partial charge in [0.25, 0.3) is 0 Å². The Labute approximate surface area is 180 Å². The molecule has 30 heavy (non-hydrogen) atoms. The van der Waals surface area contributed by atoms with Crippen molar-refractivity contribution in [1.29, 1.82) is 0 Å². The number of carbonyl (C=O) groups excluding carboxylic acids is 3. The Hall–Kier alpha value is -2.37. The zero-order chi connectivity index (χ0) is 21.7. The molecule has 1 saturated heterocycles. The van der Waals surface area contributed by atoms with E-state index >= 15 is 0 Å². The molecule has 2 aliphatic heterocycles. The maximum absolute atomic E-state index is 12.9. The van der Waals surface area contributed by atoms with E-state index in [1.54, 1.807) is 13.3 Å². The fourth-order valence-electron chi connectivity index (χ4n) is 4.16. The summed E-state index contributed by atoms with van der Waals surface area (Å²) < 4.78 is 11.7. The van der Waals surface area contributed by atoms with E-state index in [-0.39, 0.29) is 23.6 Å². The Morgan fingerprint density at radius 3 is 2.77 bits per heavy atom. The standard InChI is InChI=1S/C19H21N3O6S2/c1-8-12(11-5-21-6-20-16(29-4)18(21)30-11)15(19(26)28-7-27-10(3)24)22-14(8)13(9(2)23)17(22)25/h5-6,8-9,13-14,23H,7H2,1-4H3/t8-,9+,13+,14+/m0/s1. The van der Waals surface area contributed by atoms with Crippen molar-refractivity contribution >= 4 is 51.3 Å². The number of nitrogens with zero attached hydrogens (tertiary/aromatic N) is 3. The van der Waals surface area contributed by atoms with E-state index in [0.29, 0.717) is 5.57 Å². The molecule has 0 radical (unpaired) electrons. The molecule has 4 heterocycles. The summed E-state index contributed by atoms with van der Waals surface area (Å²) in [5.41, 5.74) is 0.829. The number of aliphatic hydroxyl groups excluding tert-OH is 1. The number of amides is 1. The van der Waals surface area contributed by atoms with Crippen LogP contribution in [0.25, 0.3) is 10.4 Å². The number of aromatic nitrogens is 2. The minimum atomic E-state index is -0.829. The second-order valence-electron chi connectivity index (χ2n) is 7.26. The topological polar surface area (TPSA) is 110 Å². The molecular weight excluding hydrogens is 430 g/mol. The van der Waals surface area contributed by atoms with Gasteiger partial charge in [-0.05, 0) is 13.2 Å². The number of ether oxygens (including phenoxy) is 2. The molecule has 0 unspecified atom stereocenters. The number of carbonyl (C=O) groups is 3.